The van der Waals surface area contributed by atoms with E-state index in [1.54, 1.807) is 25.2 Å². The van der Waals surface area contributed by atoms with Crippen LogP contribution in [0, 0.1) is 6.92 Å². The van der Waals surface area contributed by atoms with E-state index in [-0.39, 0.29) is 0 Å². The molecule has 0 aliphatic heterocycles. The Morgan fingerprint density at radius 2 is 2.15 bits per heavy atom. The van der Waals surface area contributed by atoms with E-state index in [2.05, 4.69) is 9.97 Å². The molecule has 0 atom stereocenters. The number of thiazole rings is 2. The highest BCUT2D eigenvalue weighted by Crippen LogP contribution is 2.30. The van der Waals surface area contributed by atoms with Crippen LogP contribution in [0.1, 0.15) is 30.1 Å². The van der Waals surface area contributed by atoms with E-state index < -0.39 is 11.4 Å². The Bertz CT molecular complexity index is 619. The molecule has 2 heterocycles. The minimum Gasteiger partial charge on any atom is -0.481 e. The average Bonchev–Trinajstić information content (AvgIpc) is 2.99. The normalized spacial score (nSPS) is 11.6. The Kier molecular flexibility index (Phi) is 4.10. The zero-order valence-corrected chi connectivity index (χ0v) is 13.5. The molecule has 0 bridgehead atoms. The van der Waals surface area contributed by atoms with Gasteiger partial charge in [0.25, 0.3) is 0 Å². The molecule has 0 aliphatic rings. The van der Waals surface area contributed by atoms with Crippen LogP contribution >= 0.6 is 22.7 Å². The lowest BCUT2D eigenvalue weighted by molar-refractivity contribution is -0.142. The van der Waals surface area contributed by atoms with Gasteiger partial charge in [-0.1, -0.05) is 0 Å². The van der Waals surface area contributed by atoms with Crippen LogP contribution in [0.2, 0.25) is 0 Å². The highest BCUT2D eigenvalue weighted by molar-refractivity contribution is 7.13. The largest absolute Gasteiger partial charge is 0.481 e. The number of carbonyl (C=O) groups is 1. The third-order valence-electron chi connectivity index (χ3n) is 3.22. The number of hydrogen-bond acceptors (Lipinski definition) is 6. The SMILES string of the molecule is Cc1ncsc1CN(C)c1nc(C(C)(C)C(=O)O)cs1. The monoisotopic (exact) mass is 311 g/mol. The van der Waals surface area contributed by atoms with Crippen LogP contribution < -0.4 is 4.90 Å². The van der Waals surface area contributed by atoms with Gasteiger partial charge in [-0.15, -0.1) is 22.7 Å². The van der Waals surface area contributed by atoms with Crippen molar-refractivity contribution in [3.63, 3.8) is 0 Å². The van der Waals surface area contributed by atoms with Gasteiger partial charge in [0, 0.05) is 17.3 Å². The van der Waals surface area contributed by atoms with Crippen molar-refractivity contribution in [3.8, 4) is 0 Å². The van der Waals surface area contributed by atoms with E-state index in [4.69, 9.17) is 0 Å². The summed E-state index contributed by atoms with van der Waals surface area (Å²) in [6, 6.07) is 0. The highest BCUT2D eigenvalue weighted by atomic mass is 32.1. The molecular formula is C13H17N3O2S2. The standard InChI is InChI=1S/C13H17N3O2S2/c1-8-9(20-7-14-8)5-16(4)12-15-10(6-19-12)13(2,3)11(17)18/h6-7H,5H2,1-4H3,(H,17,18). The molecule has 2 aromatic rings. The summed E-state index contributed by atoms with van der Waals surface area (Å²) in [4.78, 5) is 23.2. The van der Waals surface area contributed by atoms with Crippen molar-refractivity contribution in [1.82, 2.24) is 9.97 Å². The van der Waals surface area contributed by atoms with Gasteiger partial charge in [0.15, 0.2) is 5.13 Å². The fourth-order valence-electron chi connectivity index (χ4n) is 1.60. The lowest BCUT2D eigenvalue weighted by Gasteiger charge is -2.17. The van der Waals surface area contributed by atoms with Crippen LogP contribution in [0.25, 0.3) is 0 Å². The van der Waals surface area contributed by atoms with Gasteiger partial charge < -0.3 is 10.0 Å². The zero-order chi connectivity index (χ0) is 14.9. The maximum absolute atomic E-state index is 11.2. The van der Waals surface area contributed by atoms with Crippen molar-refractivity contribution >= 4 is 33.8 Å². The number of nitrogens with zero attached hydrogens (tertiary/aromatic N) is 3. The van der Waals surface area contributed by atoms with E-state index >= 15 is 0 Å². The van der Waals surface area contributed by atoms with Crippen LogP contribution in [-0.4, -0.2) is 28.1 Å². The molecule has 5 nitrogen and oxygen atoms in total. The lowest BCUT2D eigenvalue weighted by Crippen LogP contribution is -2.29. The molecule has 0 saturated heterocycles. The van der Waals surface area contributed by atoms with Crippen LogP contribution in [0.4, 0.5) is 5.13 Å². The van der Waals surface area contributed by atoms with E-state index in [1.807, 2.05) is 29.8 Å². The second kappa shape index (κ2) is 5.49. The van der Waals surface area contributed by atoms with Gasteiger partial charge in [0.2, 0.25) is 0 Å². The van der Waals surface area contributed by atoms with Crippen LogP contribution in [0.15, 0.2) is 10.9 Å². The number of aliphatic carboxylic acids is 1. The van der Waals surface area contributed by atoms with Crippen molar-refractivity contribution in [1.29, 1.82) is 0 Å². The summed E-state index contributed by atoms with van der Waals surface area (Å²) in [6.45, 7) is 6.06. The lowest BCUT2D eigenvalue weighted by atomic mass is 9.90. The first-order valence-electron chi connectivity index (χ1n) is 6.12. The fourth-order valence-corrected chi connectivity index (χ4v) is 3.39. The molecule has 1 N–H and O–H groups in total. The van der Waals surface area contributed by atoms with Gasteiger partial charge >= 0.3 is 5.97 Å². The second-order valence-electron chi connectivity index (χ2n) is 5.16. The number of hydrogen-bond donors (Lipinski definition) is 1. The van der Waals surface area contributed by atoms with E-state index in [0.29, 0.717) is 5.69 Å². The molecule has 2 aromatic heterocycles. The predicted octanol–water partition coefficient (Wildman–Crippen LogP) is 2.91. The molecular weight excluding hydrogens is 294 g/mol. The van der Waals surface area contributed by atoms with Crippen molar-refractivity contribution in [2.24, 2.45) is 0 Å². The minimum absolute atomic E-state index is 0.595. The van der Waals surface area contributed by atoms with E-state index in [1.165, 1.54) is 16.2 Å². The molecule has 0 radical (unpaired) electrons. The second-order valence-corrected chi connectivity index (χ2v) is 6.94. The van der Waals surface area contributed by atoms with Crippen molar-refractivity contribution in [3.05, 3.63) is 27.2 Å². The summed E-state index contributed by atoms with van der Waals surface area (Å²) in [5.74, 6) is -0.865. The van der Waals surface area contributed by atoms with Crippen molar-refractivity contribution in [2.45, 2.75) is 32.7 Å². The average molecular weight is 311 g/mol. The third-order valence-corrected chi connectivity index (χ3v) is 5.09. The van der Waals surface area contributed by atoms with Crippen LogP contribution in [-0.2, 0) is 16.8 Å². The molecule has 0 fully saturated rings. The van der Waals surface area contributed by atoms with Gasteiger partial charge in [-0.25, -0.2) is 9.97 Å². The third kappa shape index (κ3) is 2.83. The predicted molar refractivity (Wildman–Crippen MR) is 81.7 cm³/mol. The van der Waals surface area contributed by atoms with Gasteiger partial charge in [-0.3, -0.25) is 4.79 Å². The summed E-state index contributed by atoms with van der Waals surface area (Å²) in [6.07, 6.45) is 0. The summed E-state index contributed by atoms with van der Waals surface area (Å²) < 4.78 is 0. The molecule has 0 spiro atoms. The first kappa shape index (κ1) is 14.9. The number of aromatic nitrogens is 2. The van der Waals surface area contributed by atoms with Gasteiger partial charge in [-0.05, 0) is 20.8 Å². The molecule has 2 rings (SSSR count). The van der Waals surface area contributed by atoms with Gasteiger partial charge in [0.05, 0.1) is 23.4 Å². The Morgan fingerprint density at radius 1 is 1.45 bits per heavy atom. The van der Waals surface area contributed by atoms with Crippen molar-refractivity contribution < 1.29 is 9.90 Å². The van der Waals surface area contributed by atoms with Crippen LogP contribution in [0.3, 0.4) is 0 Å². The van der Waals surface area contributed by atoms with Gasteiger partial charge in [-0.2, -0.15) is 0 Å². The molecule has 0 aliphatic carbocycles. The molecule has 0 aromatic carbocycles. The molecule has 0 unspecified atom stereocenters. The summed E-state index contributed by atoms with van der Waals surface area (Å²) in [7, 11) is 1.95. The zero-order valence-electron chi connectivity index (χ0n) is 11.9. The first-order valence-corrected chi connectivity index (χ1v) is 7.87. The van der Waals surface area contributed by atoms with E-state index in [9.17, 15) is 9.90 Å². The number of aryl methyl sites for hydroxylation is 1. The maximum atomic E-state index is 11.2. The number of carboxylic acids is 1. The summed E-state index contributed by atoms with van der Waals surface area (Å²) in [5, 5.41) is 11.9. The molecule has 0 saturated carbocycles. The quantitative estimate of drug-likeness (QED) is 0.919. The van der Waals surface area contributed by atoms with Crippen LogP contribution in [0.5, 0.6) is 0 Å². The molecule has 108 valence electrons. The maximum Gasteiger partial charge on any atom is 0.315 e. The molecule has 0 amide bonds. The number of carboxylic acid groups (broad SMARTS) is 1. The van der Waals surface area contributed by atoms with E-state index in [0.717, 1.165) is 17.4 Å². The number of rotatable bonds is 5. The highest BCUT2D eigenvalue weighted by Gasteiger charge is 2.32. The Labute approximate surface area is 125 Å². The molecule has 7 heteroatoms. The Morgan fingerprint density at radius 3 is 2.70 bits per heavy atom. The Hall–Kier alpha value is -1.47. The smallest absolute Gasteiger partial charge is 0.315 e. The molecule has 20 heavy (non-hydrogen) atoms. The fraction of sp³-hybridized carbons (Fsp3) is 0.462. The summed E-state index contributed by atoms with van der Waals surface area (Å²) in [5.41, 5.74) is 2.50. The number of anilines is 1. The first-order chi connectivity index (χ1) is 9.32. The minimum atomic E-state index is -0.962. The topological polar surface area (TPSA) is 66.3 Å². The Balaban J connectivity index is 2.17. The van der Waals surface area contributed by atoms with Crippen molar-refractivity contribution in [2.75, 3.05) is 11.9 Å². The summed E-state index contributed by atoms with van der Waals surface area (Å²) >= 11 is 3.09. The van der Waals surface area contributed by atoms with Gasteiger partial charge in [0.1, 0.15) is 5.41 Å².